The van der Waals surface area contributed by atoms with Gasteiger partial charge in [0.2, 0.25) is 5.65 Å². The van der Waals surface area contributed by atoms with Crippen LogP contribution in [-0.4, -0.2) is 43.2 Å². The molecule has 1 atom stereocenters. The summed E-state index contributed by atoms with van der Waals surface area (Å²) in [5.74, 6) is 0.848. The first kappa shape index (κ1) is 15.8. The summed E-state index contributed by atoms with van der Waals surface area (Å²) < 4.78 is 3.37. The molecule has 1 aliphatic heterocycles. The van der Waals surface area contributed by atoms with Crippen molar-refractivity contribution in [3.63, 3.8) is 0 Å². The smallest absolute Gasteiger partial charge is 0.295 e. The van der Waals surface area contributed by atoms with Gasteiger partial charge in [0.15, 0.2) is 5.82 Å². The maximum absolute atomic E-state index is 12.2. The zero-order valence-corrected chi connectivity index (χ0v) is 14.3. The molecule has 2 aliphatic rings. The van der Waals surface area contributed by atoms with E-state index >= 15 is 0 Å². The van der Waals surface area contributed by atoms with Gasteiger partial charge in [0.1, 0.15) is 0 Å². The summed E-state index contributed by atoms with van der Waals surface area (Å²) >= 11 is 0. The third kappa shape index (κ3) is 2.38. The predicted octanol–water partition coefficient (Wildman–Crippen LogP) is 0.912. The Morgan fingerprint density at radius 1 is 1.25 bits per heavy atom. The monoisotopic (exact) mass is 330 g/mol. The summed E-state index contributed by atoms with van der Waals surface area (Å²) in [6.07, 6.45) is 11.1. The lowest BCUT2D eigenvalue weighted by molar-refractivity contribution is -0.0218. The number of likely N-dealkylation sites (tertiary alicyclic amines) is 1. The predicted molar refractivity (Wildman–Crippen MR) is 91.6 cm³/mol. The van der Waals surface area contributed by atoms with Crippen LogP contribution in [0.1, 0.15) is 44.3 Å². The van der Waals surface area contributed by atoms with Crippen LogP contribution in [0.15, 0.2) is 17.2 Å². The van der Waals surface area contributed by atoms with Crippen molar-refractivity contribution in [2.24, 2.45) is 18.2 Å². The molecule has 7 nitrogen and oxygen atoms in total. The number of nitrogens with two attached hydrogens (primary N) is 1. The number of hydrogen-bond acceptors (Lipinski definition) is 5. The molecule has 130 valence electrons. The third-order valence-corrected chi connectivity index (χ3v) is 6.14. The Hall–Kier alpha value is -1.73. The molecular weight excluding hydrogens is 304 g/mol. The molecule has 0 radical (unpaired) electrons. The Balaban J connectivity index is 1.64. The number of fused-ring (bicyclic) bond motifs is 1. The highest BCUT2D eigenvalue weighted by atomic mass is 16.1. The molecule has 2 aromatic heterocycles. The molecule has 1 saturated carbocycles. The van der Waals surface area contributed by atoms with E-state index in [9.17, 15) is 4.79 Å². The van der Waals surface area contributed by atoms with Crippen molar-refractivity contribution in [2.75, 3.05) is 13.1 Å². The standard InChI is InChI=1S/C17H26N6O/c1-21-9-10-23-14(19-20-15(23)16(21)24)11-22-8-3-2-5-13(22)17(12-18)6-4-7-17/h9-10,13H,2-8,11-12,18H2,1H3. The van der Waals surface area contributed by atoms with Crippen LogP contribution < -0.4 is 11.3 Å². The summed E-state index contributed by atoms with van der Waals surface area (Å²) in [6.45, 7) is 2.59. The largest absolute Gasteiger partial charge is 0.330 e. The van der Waals surface area contributed by atoms with Gasteiger partial charge in [-0.3, -0.25) is 14.1 Å². The van der Waals surface area contributed by atoms with Crippen molar-refractivity contribution in [1.29, 1.82) is 0 Å². The molecule has 1 aliphatic carbocycles. The molecular formula is C17H26N6O. The molecule has 2 fully saturated rings. The minimum atomic E-state index is -0.108. The van der Waals surface area contributed by atoms with E-state index < -0.39 is 0 Å². The summed E-state index contributed by atoms with van der Waals surface area (Å²) in [4.78, 5) is 14.7. The zero-order chi connectivity index (χ0) is 16.7. The van der Waals surface area contributed by atoms with E-state index in [-0.39, 0.29) is 11.0 Å². The van der Waals surface area contributed by atoms with Crippen molar-refractivity contribution in [2.45, 2.75) is 51.1 Å². The Bertz CT molecular complexity index is 784. The number of aromatic nitrogens is 4. The van der Waals surface area contributed by atoms with E-state index in [1.165, 1.54) is 43.1 Å². The number of aryl methyl sites for hydroxylation is 1. The summed E-state index contributed by atoms with van der Waals surface area (Å²) in [6, 6.07) is 0.531. The minimum absolute atomic E-state index is 0.108. The van der Waals surface area contributed by atoms with Crippen molar-refractivity contribution in [3.8, 4) is 0 Å². The normalized spacial score (nSPS) is 24.2. The van der Waals surface area contributed by atoms with Gasteiger partial charge in [0.25, 0.3) is 5.56 Å². The van der Waals surface area contributed by atoms with Crippen LogP contribution in [0.25, 0.3) is 5.65 Å². The highest BCUT2D eigenvalue weighted by Crippen LogP contribution is 2.47. The van der Waals surface area contributed by atoms with E-state index in [2.05, 4.69) is 15.1 Å². The molecule has 0 spiro atoms. The quantitative estimate of drug-likeness (QED) is 0.901. The second kappa shape index (κ2) is 5.97. The molecule has 2 N–H and O–H groups in total. The topological polar surface area (TPSA) is 81.4 Å². The van der Waals surface area contributed by atoms with Crippen molar-refractivity contribution in [1.82, 2.24) is 24.1 Å². The fraction of sp³-hybridized carbons (Fsp3) is 0.706. The van der Waals surface area contributed by atoms with Gasteiger partial charge < -0.3 is 10.3 Å². The molecule has 0 aromatic carbocycles. The molecule has 2 aromatic rings. The van der Waals surface area contributed by atoms with Gasteiger partial charge in [-0.05, 0) is 44.2 Å². The van der Waals surface area contributed by atoms with Gasteiger partial charge in [-0.15, -0.1) is 10.2 Å². The van der Waals surface area contributed by atoms with Crippen LogP contribution in [0.4, 0.5) is 0 Å². The zero-order valence-electron chi connectivity index (χ0n) is 14.3. The van der Waals surface area contributed by atoms with Crippen LogP contribution >= 0.6 is 0 Å². The fourth-order valence-electron chi connectivity index (χ4n) is 4.49. The van der Waals surface area contributed by atoms with E-state index in [0.717, 1.165) is 25.5 Å². The third-order valence-electron chi connectivity index (χ3n) is 6.14. The van der Waals surface area contributed by atoms with Gasteiger partial charge in [0, 0.05) is 25.5 Å². The summed E-state index contributed by atoms with van der Waals surface area (Å²) in [5, 5.41) is 8.42. The highest BCUT2D eigenvalue weighted by Gasteiger charge is 2.46. The van der Waals surface area contributed by atoms with Crippen molar-refractivity contribution >= 4 is 5.65 Å². The van der Waals surface area contributed by atoms with Crippen LogP contribution in [0, 0.1) is 5.41 Å². The number of nitrogens with zero attached hydrogens (tertiary/aromatic N) is 5. The number of piperidine rings is 1. The molecule has 3 heterocycles. The lowest BCUT2D eigenvalue weighted by atomic mass is 9.62. The molecule has 24 heavy (non-hydrogen) atoms. The minimum Gasteiger partial charge on any atom is -0.330 e. The molecule has 7 heteroatoms. The SMILES string of the molecule is Cn1ccn2c(CN3CCCCC3C3(CN)CCC3)nnc2c1=O. The van der Waals surface area contributed by atoms with Gasteiger partial charge in [-0.2, -0.15) is 0 Å². The summed E-state index contributed by atoms with van der Waals surface area (Å²) in [7, 11) is 1.74. The maximum atomic E-state index is 12.2. The molecule has 1 unspecified atom stereocenters. The number of rotatable bonds is 4. The van der Waals surface area contributed by atoms with Gasteiger partial charge in [-0.25, -0.2) is 0 Å². The van der Waals surface area contributed by atoms with E-state index in [0.29, 0.717) is 11.7 Å². The van der Waals surface area contributed by atoms with Crippen LogP contribution in [0.3, 0.4) is 0 Å². The Kier molecular flexibility index (Phi) is 3.92. The molecule has 4 rings (SSSR count). The van der Waals surface area contributed by atoms with Crippen LogP contribution in [0.5, 0.6) is 0 Å². The average Bonchev–Trinajstić information content (AvgIpc) is 2.96. The van der Waals surface area contributed by atoms with Crippen molar-refractivity contribution < 1.29 is 0 Å². The fourth-order valence-corrected chi connectivity index (χ4v) is 4.49. The van der Waals surface area contributed by atoms with Gasteiger partial charge >= 0.3 is 0 Å². The first-order valence-corrected chi connectivity index (χ1v) is 8.98. The highest BCUT2D eigenvalue weighted by molar-refractivity contribution is 5.34. The van der Waals surface area contributed by atoms with E-state index in [1.54, 1.807) is 13.2 Å². The van der Waals surface area contributed by atoms with Crippen LogP contribution in [0.2, 0.25) is 0 Å². The first-order valence-electron chi connectivity index (χ1n) is 8.98. The first-order chi connectivity index (χ1) is 11.6. The van der Waals surface area contributed by atoms with Gasteiger partial charge in [0.05, 0.1) is 6.54 Å². The van der Waals surface area contributed by atoms with E-state index in [1.807, 2.05) is 10.6 Å². The average molecular weight is 330 g/mol. The Labute approximate surface area is 141 Å². The number of hydrogen-bond donors (Lipinski definition) is 1. The molecule has 0 amide bonds. The Morgan fingerprint density at radius 2 is 2.08 bits per heavy atom. The van der Waals surface area contributed by atoms with Crippen LogP contribution in [-0.2, 0) is 13.6 Å². The second-order valence-corrected chi connectivity index (χ2v) is 7.43. The molecule has 0 bridgehead atoms. The van der Waals surface area contributed by atoms with Gasteiger partial charge in [-0.1, -0.05) is 12.8 Å². The lowest BCUT2D eigenvalue weighted by Crippen LogP contribution is -2.56. The van der Waals surface area contributed by atoms with Crippen molar-refractivity contribution in [3.05, 3.63) is 28.6 Å². The second-order valence-electron chi connectivity index (χ2n) is 7.43. The Morgan fingerprint density at radius 3 is 2.79 bits per heavy atom. The maximum Gasteiger partial charge on any atom is 0.295 e. The lowest BCUT2D eigenvalue weighted by Gasteiger charge is -2.53. The molecule has 1 saturated heterocycles. The van der Waals surface area contributed by atoms with E-state index in [4.69, 9.17) is 5.73 Å². The summed E-state index contributed by atoms with van der Waals surface area (Å²) in [5.41, 5.74) is 6.74.